The maximum Gasteiger partial charge on any atom is 0.109 e. The van der Waals surface area contributed by atoms with Gasteiger partial charge in [0.25, 0.3) is 0 Å². The topological polar surface area (TPSA) is 30.0 Å². The summed E-state index contributed by atoms with van der Waals surface area (Å²) in [4.78, 5) is 5.09. The number of aromatic nitrogens is 1. The van der Waals surface area contributed by atoms with Gasteiger partial charge in [0.2, 0.25) is 0 Å². The second-order valence-electron chi connectivity index (χ2n) is 9.55. The van der Waals surface area contributed by atoms with Gasteiger partial charge in [-0.3, -0.25) is 0 Å². The monoisotopic (exact) mass is 483 g/mol. The lowest BCUT2D eigenvalue weighted by molar-refractivity contribution is 0.588. The highest BCUT2D eigenvalue weighted by Crippen LogP contribution is 2.40. The maximum absolute atomic E-state index is 12.5. The maximum atomic E-state index is 12.5. The number of benzene rings is 5. The quantitative estimate of drug-likeness (QED) is 0.186. The van der Waals surface area contributed by atoms with Crippen molar-refractivity contribution in [2.75, 3.05) is 13.3 Å². The Balaban J connectivity index is 1.63. The molecule has 0 atom stereocenters. The van der Waals surface area contributed by atoms with Crippen LogP contribution in [0.15, 0.2) is 121 Å². The predicted molar refractivity (Wildman–Crippen MR) is 155 cm³/mol. The molecule has 5 aromatic carbocycles. The number of pyridine rings is 1. The van der Waals surface area contributed by atoms with Crippen LogP contribution >= 0.6 is 7.14 Å². The lowest BCUT2D eigenvalue weighted by Crippen LogP contribution is -2.01. The molecule has 0 aliphatic heterocycles. The minimum atomic E-state index is -2.29. The molecule has 0 saturated carbocycles. The number of rotatable bonds is 4. The zero-order valence-electron chi connectivity index (χ0n) is 20.3. The van der Waals surface area contributed by atoms with Gasteiger partial charge in [-0.1, -0.05) is 109 Å². The molecule has 0 bridgehead atoms. The van der Waals surface area contributed by atoms with E-state index >= 15 is 0 Å². The summed E-state index contributed by atoms with van der Waals surface area (Å²) >= 11 is 0. The Labute approximate surface area is 211 Å². The molecule has 36 heavy (non-hydrogen) atoms. The minimum absolute atomic E-state index is 0.904. The highest BCUT2D eigenvalue weighted by molar-refractivity contribution is 7.70. The van der Waals surface area contributed by atoms with Crippen LogP contribution in [-0.4, -0.2) is 18.3 Å². The third-order valence-corrected chi connectivity index (χ3v) is 8.33. The molecule has 0 amide bonds. The Kier molecular flexibility index (Phi) is 5.55. The van der Waals surface area contributed by atoms with Crippen molar-refractivity contribution in [1.29, 1.82) is 0 Å². The standard InChI is InChI=1S/C33H26NOP/c1-36(2,35)26-18-16-24(17-19-26)27-14-9-15-29-28(27)20-21-31-33(29)30(23-10-5-3-6-11-23)22-32(34-31)25-12-7-4-8-13-25/h3-22H,1-2H3. The fourth-order valence-corrected chi connectivity index (χ4v) is 5.81. The normalized spacial score (nSPS) is 11.7. The van der Waals surface area contributed by atoms with E-state index in [2.05, 4.69) is 103 Å². The van der Waals surface area contributed by atoms with Gasteiger partial charge in [-0.05, 0) is 58.5 Å². The third kappa shape index (κ3) is 4.04. The summed E-state index contributed by atoms with van der Waals surface area (Å²) < 4.78 is 12.5. The van der Waals surface area contributed by atoms with E-state index in [0.29, 0.717) is 0 Å². The number of hydrogen-bond donors (Lipinski definition) is 0. The van der Waals surface area contributed by atoms with Gasteiger partial charge in [0.1, 0.15) is 7.14 Å². The van der Waals surface area contributed by atoms with Crippen molar-refractivity contribution in [3.63, 3.8) is 0 Å². The van der Waals surface area contributed by atoms with Gasteiger partial charge in [0, 0.05) is 16.3 Å². The molecule has 3 heteroatoms. The van der Waals surface area contributed by atoms with Crippen molar-refractivity contribution in [2.45, 2.75) is 0 Å². The zero-order chi connectivity index (χ0) is 24.7. The van der Waals surface area contributed by atoms with Crippen molar-refractivity contribution in [1.82, 2.24) is 4.98 Å². The summed E-state index contributed by atoms with van der Waals surface area (Å²) in [5.74, 6) is 0. The summed E-state index contributed by atoms with van der Waals surface area (Å²) in [7, 11) is -2.29. The SMILES string of the molecule is CP(C)(=O)c1ccc(-c2cccc3c2ccc2nc(-c4ccccc4)cc(-c4ccccc4)c23)cc1. The summed E-state index contributed by atoms with van der Waals surface area (Å²) in [5, 5.41) is 4.42. The molecule has 0 spiro atoms. The smallest absolute Gasteiger partial charge is 0.109 e. The molecule has 0 saturated heterocycles. The average molecular weight is 484 g/mol. The van der Waals surface area contributed by atoms with Crippen molar-refractivity contribution < 1.29 is 4.57 Å². The first-order valence-corrected chi connectivity index (χ1v) is 14.7. The van der Waals surface area contributed by atoms with E-state index in [1.54, 1.807) is 0 Å². The first-order valence-electron chi connectivity index (χ1n) is 12.1. The molecule has 0 fully saturated rings. The van der Waals surface area contributed by atoms with Crippen LogP contribution in [0.1, 0.15) is 0 Å². The van der Waals surface area contributed by atoms with Crippen LogP contribution in [0.4, 0.5) is 0 Å². The van der Waals surface area contributed by atoms with Crippen molar-refractivity contribution in [2.24, 2.45) is 0 Å². The largest absolute Gasteiger partial charge is 0.319 e. The van der Waals surface area contributed by atoms with Crippen LogP contribution in [0.25, 0.3) is 55.2 Å². The van der Waals surface area contributed by atoms with E-state index in [0.717, 1.165) is 38.6 Å². The van der Waals surface area contributed by atoms with Crippen molar-refractivity contribution in [3.8, 4) is 33.5 Å². The molecule has 6 rings (SSSR count). The Hall–Kier alpha value is -4.00. The fourth-order valence-electron chi connectivity index (χ4n) is 4.95. The van der Waals surface area contributed by atoms with Crippen LogP contribution in [0.2, 0.25) is 0 Å². The first kappa shape index (κ1) is 22.5. The molecule has 6 aromatic rings. The molecule has 0 unspecified atom stereocenters. The predicted octanol–water partition coefficient (Wildman–Crippen LogP) is 8.64. The summed E-state index contributed by atoms with van der Waals surface area (Å²) in [6.07, 6.45) is 0. The van der Waals surface area contributed by atoms with E-state index in [9.17, 15) is 4.57 Å². The number of hydrogen-bond acceptors (Lipinski definition) is 2. The Morgan fingerprint density at radius 1 is 0.556 bits per heavy atom. The summed E-state index contributed by atoms with van der Waals surface area (Å²) in [6.45, 7) is 3.63. The van der Waals surface area contributed by atoms with Crippen LogP contribution < -0.4 is 5.30 Å². The van der Waals surface area contributed by atoms with E-state index in [-0.39, 0.29) is 0 Å². The lowest BCUT2D eigenvalue weighted by atomic mass is 9.91. The molecule has 0 aliphatic carbocycles. The summed E-state index contributed by atoms with van der Waals surface area (Å²) in [5.41, 5.74) is 7.68. The average Bonchev–Trinajstić information content (AvgIpc) is 2.92. The molecular formula is C33H26NOP. The molecule has 1 aromatic heterocycles. The van der Waals surface area contributed by atoms with Crippen LogP contribution in [0.5, 0.6) is 0 Å². The molecule has 2 nitrogen and oxygen atoms in total. The minimum Gasteiger partial charge on any atom is -0.319 e. The molecule has 0 N–H and O–H groups in total. The van der Waals surface area contributed by atoms with Gasteiger partial charge in [0.05, 0.1) is 11.2 Å². The summed E-state index contributed by atoms with van der Waals surface area (Å²) in [6, 6.07) is 42.1. The number of nitrogens with zero attached hydrogens (tertiary/aromatic N) is 1. The number of fused-ring (bicyclic) bond motifs is 3. The van der Waals surface area contributed by atoms with Gasteiger partial charge < -0.3 is 4.57 Å². The Morgan fingerprint density at radius 3 is 1.86 bits per heavy atom. The lowest BCUT2D eigenvalue weighted by Gasteiger charge is -2.15. The first-order chi connectivity index (χ1) is 17.5. The van der Waals surface area contributed by atoms with Gasteiger partial charge >= 0.3 is 0 Å². The van der Waals surface area contributed by atoms with Gasteiger partial charge in [0.15, 0.2) is 0 Å². The molecule has 174 valence electrons. The highest BCUT2D eigenvalue weighted by atomic mass is 31.2. The van der Waals surface area contributed by atoms with Crippen molar-refractivity contribution in [3.05, 3.63) is 121 Å². The second kappa shape index (κ2) is 8.90. The molecule has 0 aliphatic rings. The highest BCUT2D eigenvalue weighted by Gasteiger charge is 2.15. The second-order valence-corrected chi connectivity index (χ2v) is 12.8. The van der Waals surface area contributed by atoms with Crippen molar-refractivity contribution >= 4 is 34.1 Å². The molecule has 1 heterocycles. The Bertz CT molecular complexity index is 1750. The van der Waals surface area contributed by atoms with E-state index in [1.165, 1.54) is 21.9 Å². The van der Waals surface area contributed by atoms with Crippen LogP contribution in [-0.2, 0) is 4.57 Å². The van der Waals surface area contributed by atoms with E-state index < -0.39 is 7.14 Å². The molecule has 0 radical (unpaired) electrons. The van der Waals surface area contributed by atoms with Gasteiger partial charge in [-0.15, -0.1) is 0 Å². The third-order valence-electron chi connectivity index (χ3n) is 6.79. The van der Waals surface area contributed by atoms with E-state index in [1.807, 2.05) is 31.5 Å². The zero-order valence-corrected chi connectivity index (χ0v) is 21.2. The van der Waals surface area contributed by atoms with Crippen LogP contribution in [0, 0.1) is 0 Å². The Morgan fingerprint density at radius 2 is 1.19 bits per heavy atom. The fraction of sp³-hybridized carbons (Fsp3) is 0.0606. The van der Waals surface area contributed by atoms with E-state index in [4.69, 9.17) is 4.98 Å². The molecular weight excluding hydrogens is 457 g/mol. The van der Waals surface area contributed by atoms with Gasteiger partial charge in [-0.25, -0.2) is 4.98 Å². The van der Waals surface area contributed by atoms with Gasteiger partial charge in [-0.2, -0.15) is 0 Å². The van der Waals surface area contributed by atoms with Crippen LogP contribution in [0.3, 0.4) is 0 Å².